The standard InChI is InChI=1S/C11H11.Ti.H/c1-2-6-10(5-1)9-11-7-3-4-8-11;;/h1-5,7,9H,6,8H2;;/q;;-1. The van der Waals surface area contributed by atoms with E-state index >= 15 is 0 Å². The third-order valence-electron chi connectivity index (χ3n) is 2.34. The summed E-state index contributed by atoms with van der Waals surface area (Å²) >= 11 is 2.30. The van der Waals surface area contributed by atoms with Crippen molar-refractivity contribution in [1.29, 1.82) is 0 Å². The number of rotatable bonds is 2. The molecule has 0 nitrogen and oxygen atoms in total. The van der Waals surface area contributed by atoms with Crippen LogP contribution in [-0.2, 0) is 20.4 Å². The van der Waals surface area contributed by atoms with E-state index in [1.807, 2.05) is 0 Å². The van der Waals surface area contributed by atoms with Gasteiger partial charge < -0.3 is 1.43 Å². The molecule has 0 atom stereocenters. The molecular formula is C11H12Ti-. The van der Waals surface area contributed by atoms with E-state index in [4.69, 9.17) is 0 Å². The Morgan fingerprint density at radius 2 is 1.58 bits per heavy atom. The molecule has 0 unspecified atom stereocenters. The Bertz CT molecular complexity index is 267. The Labute approximate surface area is 86.6 Å². The van der Waals surface area contributed by atoms with Gasteiger partial charge in [0.05, 0.1) is 0 Å². The van der Waals surface area contributed by atoms with Crippen molar-refractivity contribution in [2.24, 2.45) is 0 Å². The molecule has 2 aliphatic rings. The molecule has 0 aliphatic heterocycles. The van der Waals surface area contributed by atoms with Crippen LogP contribution >= 0.6 is 0 Å². The second kappa shape index (κ2) is 3.59. The van der Waals surface area contributed by atoms with Crippen LogP contribution in [0, 0.1) is 0 Å². The van der Waals surface area contributed by atoms with E-state index in [0.717, 1.165) is 12.8 Å². The van der Waals surface area contributed by atoms with E-state index < -0.39 is 0 Å². The third-order valence-corrected chi connectivity index (χ3v) is 3.50. The van der Waals surface area contributed by atoms with Gasteiger partial charge in [-0.25, -0.2) is 0 Å². The van der Waals surface area contributed by atoms with Gasteiger partial charge in [-0.1, -0.05) is 0 Å². The van der Waals surface area contributed by atoms with Gasteiger partial charge in [-0.2, -0.15) is 0 Å². The average molecular weight is 192 g/mol. The predicted octanol–water partition coefficient (Wildman–Crippen LogP) is 3.21. The van der Waals surface area contributed by atoms with E-state index in [1.54, 1.807) is 11.1 Å². The number of hydrogen-bond acceptors (Lipinski definition) is 0. The van der Waals surface area contributed by atoms with Crippen LogP contribution < -0.4 is 0 Å². The van der Waals surface area contributed by atoms with Crippen molar-refractivity contribution in [1.82, 2.24) is 0 Å². The molecule has 0 aromatic carbocycles. The predicted molar refractivity (Wildman–Crippen MR) is 48.5 cm³/mol. The van der Waals surface area contributed by atoms with E-state index in [-0.39, 0.29) is 1.43 Å². The number of allylic oxidation sites excluding steroid dienone is 8. The second-order valence-electron chi connectivity index (χ2n) is 3.18. The van der Waals surface area contributed by atoms with Gasteiger partial charge in [0.25, 0.3) is 0 Å². The Morgan fingerprint density at radius 1 is 1.08 bits per heavy atom. The first-order valence-electron chi connectivity index (χ1n) is 4.30. The molecule has 0 saturated carbocycles. The molecule has 2 rings (SSSR count). The van der Waals surface area contributed by atoms with Crippen molar-refractivity contribution in [3.8, 4) is 0 Å². The summed E-state index contributed by atoms with van der Waals surface area (Å²) in [6.45, 7) is 0. The maximum absolute atomic E-state index is 2.30. The Kier molecular flexibility index (Phi) is 2.48. The first-order chi connectivity index (χ1) is 5.88. The Hall–Kier alpha value is -0.326. The van der Waals surface area contributed by atoms with Crippen LogP contribution in [0.4, 0.5) is 0 Å². The minimum absolute atomic E-state index is 0. The quantitative estimate of drug-likeness (QED) is 0.589. The maximum atomic E-state index is 2.30. The van der Waals surface area contributed by atoms with Crippen molar-refractivity contribution in [2.75, 3.05) is 0 Å². The van der Waals surface area contributed by atoms with Crippen LogP contribution in [0.2, 0.25) is 4.22 Å². The Balaban J connectivity index is 0.000000845. The fourth-order valence-electron chi connectivity index (χ4n) is 1.59. The monoisotopic (exact) mass is 192 g/mol. The van der Waals surface area contributed by atoms with Crippen molar-refractivity contribution in [3.05, 3.63) is 47.6 Å². The molecule has 0 fully saturated rings. The number of hydrogen-bond donors (Lipinski definition) is 0. The van der Waals surface area contributed by atoms with E-state index in [9.17, 15) is 0 Å². The Morgan fingerprint density at radius 3 is 1.92 bits per heavy atom. The molecule has 12 heavy (non-hydrogen) atoms. The van der Waals surface area contributed by atoms with Crippen molar-refractivity contribution in [2.45, 2.75) is 17.1 Å². The topological polar surface area (TPSA) is 0 Å². The molecular weight excluding hydrogens is 180 g/mol. The van der Waals surface area contributed by atoms with Gasteiger partial charge in [0.15, 0.2) is 0 Å². The SMILES string of the molecule is [H-].[Ti][CH](C1=CC=CC1)C1=CC=CC1. The third kappa shape index (κ3) is 1.55. The van der Waals surface area contributed by atoms with Crippen LogP contribution in [0.25, 0.3) is 0 Å². The molecule has 0 spiro atoms. The van der Waals surface area contributed by atoms with Crippen molar-refractivity contribution < 1.29 is 21.9 Å². The molecule has 2 aliphatic carbocycles. The van der Waals surface area contributed by atoms with Gasteiger partial charge in [-0.3, -0.25) is 0 Å². The molecule has 0 bridgehead atoms. The van der Waals surface area contributed by atoms with Gasteiger partial charge in [-0.05, 0) is 0 Å². The summed E-state index contributed by atoms with van der Waals surface area (Å²) in [6.07, 6.45) is 15.6. The van der Waals surface area contributed by atoms with Crippen LogP contribution in [0.15, 0.2) is 47.6 Å². The summed E-state index contributed by atoms with van der Waals surface area (Å²) in [4.78, 5) is 0. The zero-order valence-corrected chi connectivity index (χ0v) is 8.52. The normalized spacial score (nSPS) is 20.3. The molecule has 0 radical (unpaired) electrons. The van der Waals surface area contributed by atoms with Gasteiger partial charge in [0.1, 0.15) is 0 Å². The molecule has 0 aromatic rings. The first-order valence-corrected chi connectivity index (χ1v) is 5.20. The second-order valence-corrected chi connectivity index (χ2v) is 4.08. The van der Waals surface area contributed by atoms with Gasteiger partial charge >= 0.3 is 85.1 Å². The van der Waals surface area contributed by atoms with Crippen LogP contribution in [-0.4, -0.2) is 0 Å². The molecule has 61 valence electrons. The summed E-state index contributed by atoms with van der Waals surface area (Å²) in [7, 11) is 0. The van der Waals surface area contributed by atoms with E-state index in [1.165, 1.54) is 0 Å². The van der Waals surface area contributed by atoms with Gasteiger partial charge in [0.2, 0.25) is 0 Å². The fraction of sp³-hybridized carbons (Fsp3) is 0.273. The van der Waals surface area contributed by atoms with Crippen molar-refractivity contribution in [3.63, 3.8) is 0 Å². The summed E-state index contributed by atoms with van der Waals surface area (Å²) in [5.41, 5.74) is 3.12. The summed E-state index contributed by atoms with van der Waals surface area (Å²) < 4.78 is 0.648. The minimum atomic E-state index is 0. The molecule has 0 heterocycles. The summed E-state index contributed by atoms with van der Waals surface area (Å²) in [5.74, 6) is 0. The van der Waals surface area contributed by atoms with Gasteiger partial charge in [0, 0.05) is 0 Å². The zero-order chi connectivity index (χ0) is 8.39. The molecule has 1 heteroatoms. The van der Waals surface area contributed by atoms with Crippen LogP contribution in [0.5, 0.6) is 0 Å². The molecule has 0 N–H and O–H groups in total. The van der Waals surface area contributed by atoms with Crippen LogP contribution in [0.1, 0.15) is 14.3 Å². The van der Waals surface area contributed by atoms with Crippen LogP contribution in [0.3, 0.4) is 0 Å². The van der Waals surface area contributed by atoms with Gasteiger partial charge in [-0.15, -0.1) is 0 Å². The fourth-order valence-corrected chi connectivity index (χ4v) is 2.26. The average Bonchev–Trinajstić information content (AvgIpc) is 2.77. The van der Waals surface area contributed by atoms with Crippen molar-refractivity contribution >= 4 is 0 Å². The zero-order valence-electron chi connectivity index (χ0n) is 7.96. The summed E-state index contributed by atoms with van der Waals surface area (Å²) in [5, 5.41) is 0. The summed E-state index contributed by atoms with van der Waals surface area (Å²) in [6, 6.07) is 0. The molecule has 0 aromatic heterocycles. The first kappa shape index (κ1) is 8.28. The molecule has 0 amide bonds. The molecule has 0 saturated heterocycles. The van der Waals surface area contributed by atoms with E-state index in [0.29, 0.717) is 4.22 Å². The van der Waals surface area contributed by atoms with E-state index in [2.05, 4.69) is 56.9 Å².